The van der Waals surface area contributed by atoms with Crippen LogP contribution >= 0.6 is 0 Å². The van der Waals surface area contributed by atoms with Crippen LogP contribution in [0.4, 0.5) is 5.69 Å². The summed E-state index contributed by atoms with van der Waals surface area (Å²) in [5.41, 5.74) is 1.36. The number of anilines is 1. The van der Waals surface area contributed by atoms with Gasteiger partial charge < -0.3 is 9.64 Å². The summed E-state index contributed by atoms with van der Waals surface area (Å²) in [7, 11) is 1.73. The second-order valence-electron chi connectivity index (χ2n) is 6.15. The fourth-order valence-electron chi connectivity index (χ4n) is 3.62. The molecule has 116 valence electrons. The Kier molecular flexibility index (Phi) is 3.10. The van der Waals surface area contributed by atoms with Gasteiger partial charge in [-0.25, -0.2) is 0 Å². The van der Waals surface area contributed by atoms with Gasteiger partial charge in [0.1, 0.15) is 5.78 Å². The van der Waals surface area contributed by atoms with Gasteiger partial charge in [0.2, 0.25) is 0 Å². The number of hydrogen-bond acceptors (Lipinski definition) is 3. The van der Waals surface area contributed by atoms with Gasteiger partial charge in [-0.15, -0.1) is 0 Å². The van der Waals surface area contributed by atoms with Gasteiger partial charge in [-0.05, 0) is 11.6 Å². The zero-order chi connectivity index (χ0) is 16.0. The Morgan fingerprint density at radius 3 is 2.52 bits per heavy atom. The first kappa shape index (κ1) is 14.2. The van der Waals surface area contributed by atoms with Crippen molar-refractivity contribution in [2.75, 3.05) is 11.9 Å². The van der Waals surface area contributed by atoms with Crippen LogP contribution in [0.5, 0.6) is 0 Å². The van der Waals surface area contributed by atoms with Crippen molar-refractivity contribution < 1.29 is 14.3 Å². The second kappa shape index (κ2) is 5.03. The Morgan fingerprint density at radius 1 is 1.04 bits per heavy atom. The number of ether oxygens (including phenoxy) is 1. The highest BCUT2D eigenvalue weighted by atomic mass is 16.5. The minimum absolute atomic E-state index is 0.0588. The van der Waals surface area contributed by atoms with Gasteiger partial charge in [0.25, 0.3) is 5.91 Å². The van der Waals surface area contributed by atoms with Gasteiger partial charge in [0.15, 0.2) is 5.60 Å². The minimum atomic E-state index is -1.18. The van der Waals surface area contributed by atoms with E-state index in [4.69, 9.17) is 4.74 Å². The van der Waals surface area contributed by atoms with E-state index in [1.165, 1.54) is 0 Å². The molecule has 0 N–H and O–H groups in total. The lowest BCUT2D eigenvalue weighted by Crippen LogP contribution is -2.46. The summed E-state index contributed by atoms with van der Waals surface area (Å²) in [5.74, 6) is -0.101. The summed E-state index contributed by atoms with van der Waals surface area (Å²) in [5, 5.41) is 0. The Morgan fingerprint density at radius 2 is 1.74 bits per heavy atom. The fraction of sp³-hybridized carbons (Fsp3) is 0.263. The number of carbonyl (C=O) groups excluding carboxylic acids is 2. The highest BCUT2D eigenvalue weighted by molar-refractivity contribution is 6.09. The number of ketones is 1. The van der Waals surface area contributed by atoms with Crippen LogP contribution in [-0.2, 0) is 19.9 Å². The normalized spacial score (nSPS) is 26.7. The van der Waals surface area contributed by atoms with Crippen LogP contribution in [0.3, 0.4) is 0 Å². The molecule has 0 saturated carbocycles. The number of hydrogen-bond donors (Lipinski definition) is 0. The van der Waals surface area contributed by atoms with Crippen molar-refractivity contribution in [1.29, 1.82) is 0 Å². The molecule has 2 aliphatic rings. The standard InChI is InChI=1S/C19H17NO3/c1-20-16-10-6-5-9-15(16)19(18(20)22)12-14(21)11-17(23-19)13-7-3-2-4-8-13/h2-10,17H,11-12H2,1H3/t17-,19+/m0/s1. The third-order valence-electron chi connectivity index (χ3n) is 4.72. The number of benzene rings is 2. The fourth-order valence-corrected chi connectivity index (χ4v) is 3.62. The van der Waals surface area contributed by atoms with Gasteiger partial charge in [-0.2, -0.15) is 0 Å². The maximum atomic E-state index is 12.9. The van der Waals surface area contributed by atoms with E-state index in [0.717, 1.165) is 16.8 Å². The molecule has 0 aromatic heterocycles. The van der Waals surface area contributed by atoms with Crippen molar-refractivity contribution >= 4 is 17.4 Å². The largest absolute Gasteiger partial charge is 0.351 e. The number of carbonyl (C=O) groups is 2. The average Bonchev–Trinajstić information content (AvgIpc) is 2.78. The van der Waals surface area contributed by atoms with Crippen LogP contribution < -0.4 is 4.90 Å². The first-order valence-corrected chi connectivity index (χ1v) is 7.74. The average molecular weight is 307 g/mol. The van der Waals surface area contributed by atoms with Crippen LogP contribution in [0.1, 0.15) is 30.1 Å². The molecule has 1 fully saturated rings. The SMILES string of the molecule is CN1C(=O)[C@@]2(CC(=O)C[C@@H](c3ccccc3)O2)c2ccccc21. The van der Waals surface area contributed by atoms with Crippen LogP contribution in [0.15, 0.2) is 54.6 Å². The van der Waals surface area contributed by atoms with Crippen molar-refractivity contribution in [3.63, 3.8) is 0 Å². The molecular weight excluding hydrogens is 290 g/mol. The summed E-state index contributed by atoms with van der Waals surface area (Å²) in [6, 6.07) is 17.2. The molecule has 2 aliphatic heterocycles. The van der Waals surface area contributed by atoms with Gasteiger partial charge in [-0.3, -0.25) is 9.59 Å². The quantitative estimate of drug-likeness (QED) is 0.813. The van der Waals surface area contributed by atoms with E-state index in [1.54, 1.807) is 11.9 Å². The highest BCUT2D eigenvalue weighted by Crippen LogP contribution is 2.50. The molecule has 2 aromatic carbocycles. The van der Waals surface area contributed by atoms with Crippen LogP contribution in [0.25, 0.3) is 0 Å². The van der Waals surface area contributed by atoms with Crippen molar-refractivity contribution in [2.24, 2.45) is 0 Å². The van der Waals surface area contributed by atoms with E-state index >= 15 is 0 Å². The highest BCUT2D eigenvalue weighted by Gasteiger charge is 2.55. The van der Waals surface area contributed by atoms with E-state index in [9.17, 15) is 9.59 Å². The summed E-state index contributed by atoms with van der Waals surface area (Å²) in [4.78, 5) is 26.9. The zero-order valence-corrected chi connectivity index (χ0v) is 12.9. The molecular formula is C19H17NO3. The maximum absolute atomic E-state index is 12.9. The molecule has 1 spiro atoms. The van der Waals surface area contributed by atoms with Crippen LogP contribution in [0, 0.1) is 0 Å². The lowest BCUT2D eigenvalue weighted by molar-refractivity contribution is -0.171. The topological polar surface area (TPSA) is 46.6 Å². The Labute approximate surface area is 134 Å². The van der Waals surface area contributed by atoms with Gasteiger partial charge in [-0.1, -0.05) is 48.5 Å². The predicted molar refractivity (Wildman–Crippen MR) is 86.0 cm³/mol. The number of nitrogens with zero attached hydrogens (tertiary/aromatic N) is 1. The third kappa shape index (κ3) is 2.02. The molecule has 0 aliphatic carbocycles. The monoisotopic (exact) mass is 307 g/mol. The molecule has 4 rings (SSSR count). The van der Waals surface area contributed by atoms with E-state index < -0.39 is 5.60 Å². The van der Waals surface area contributed by atoms with E-state index in [0.29, 0.717) is 6.42 Å². The Balaban J connectivity index is 1.82. The van der Waals surface area contributed by atoms with Gasteiger partial charge in [0.05, 0.1) is 11.8 Å². The molecule has 2 heterocycles. The molecule has 1 saturated heterocycles. The van der Waals surface area contributed by atoms with Crippen molar-refractivity contribution in [3.05, 3.63) is 65.7 Å². The van der Waals surface area contributed by atoms with Crippen molar-refractivity contribution in [1.82, 2.24) is 0 Å². The zero-order valence-electron chi connectivity index (χ0n) is 12.9. The molecule has 4 heteroatoms. The van der Waals surface area contributed by atoms with Crippen LogP contribution in [-0.4, -0.2) is 18.7 Å². The Bertz CT molecular complexity index is 786. The minimum Gasteiger partial charge on any atom is -0.351 e. The smallest absolute Gasteiger partial charge is 0.264 e. The van der Waals surface area contributed by atoms with Crippen molar-refractivity contribution in [2.45, 2.75) is 24.5 Å². The summed E-state index contributed by atoms with van der Waals surface area (Å²) in [6.07, 6.45) is 0.0301. The van der Waals surface area contributed by atoms with Crippen molar-refractivity contribution in [3.8, 4) is 0 Å². The first-order chi connectivity index (χ1) is 11.1. The molecule has 2 aromatic rings. The number of likely N-dealkylation sites (N-methyl/N-ethyl adjacent to an activating group) is 1. The number of para-hydroxylation sites is 1. The lowest BCUT2D eigenvalue weighted by atomic mass is 9.84. The molecule has 1 amide bonds. The lowest BCUT2D eigenvalue weighted by Gasteiger charge is -2.37. The predicted octanol–water partition coefficient (Wildman–Crippen LogP) is 2.98. The van der Waals surface area contributed by atoms with Gasteiger partial charge >= 0.3 is 0 Å². The molecule has 23 heavy (non-hydrogen) atoms. The maximum Gasteiger partial charge on any atom is 0.264 e. The molecule has 0 bridgehead atoms. The van der Waals surface area contributed by atoms with Crippen LogP contribution in [0.2, 0.25) is 0 Å². The second-order valence-corrected chi connectivity index (χ2v) is 6.15. The molecule has 4 nitrogen and oxygen atoms in total. The summed E-state index contributed by atoms with van der Waals surface area (Å²) < 4.78 is 6.29. The van der Waals surface area contributed by atoms with E-state index in [-0.39, 0.29) is 24.2 Å². The number of fused-ring (bicyclic) bond motifs is 2. The molecule has 0 unspecified atom stereocenters. The molecule has 2 atom stereocenters. The molecule has 0 radical (unpaired) electrons. The summed E-state index contributed by atoms with van der Waals surface area (Å²) in [6.45, 7) is 0. The van der Waals surface area contributed by atoms with E-state index in [2.05, 4.69) is 0 Å². The first-order valence-electron chi connectivity index (χ1n) is 7.74. The van der Waals surface area contributed by atoms with Gasteiger partial charge in [0, 0.05) is 25.5 Å². The number of rotatable bonds is 1. The number of Topliss-reactive ketones (excluding diaryl/α,β-unsaturated/α-hetero) is 1. The third-order valence-corrected chi connectivity index (χ3v) is 4.72. The van der Waals surface area contributed by atoms with E-state index in [1.807, 2.05) is 54.6 Å². The summed E-state index contributed by atoms with van der Waals surface area (Å²) >= 11 is 0. The number of amides is 1. The Hall–Kier alpha value is -2.46.